The van der Waals surface area contributed by atoms with Crippen LogP contribution in [0, 0.1) is 0 Å². The fraction of sp³-hybridized carbons (Fsp3) is 0.917. The Morgan fingerprint density at radius 2 is 1.78 bits per heavy atom. The van der Waals surface area contributed by atoms with Crippen LogP contribution in [-0.4, -0.2) is 44.1 Å². The van der Waals surface area contributed by atoms with Crippen LogP contribution in [0.2, 0.25) is 0 Å². The predicted octanol–water partition coefficient (Wildman–Crippen LogP) is 1.13. The van der Waals surface area contributed by atoms with Crippen LogP contribution in [0.1, 0.15) is 41.0 Å². The average molecular weight is 279 g/mol. The second-order valence-electron chi connectivity index (χ2n) is 5.63. The molecule has 5 nitrogen and oxygen atoms in total. The van der Waals surface area contributed by atoms with Crippen LogP contribution >= 0.6 is 0 Å². The van der Waals surface area contributed by atoms with Crippen molar-refractivity contribution in [1.82, 2.24) is 5.32 Å². The number of ether oxygens (including phenoxy) is 1. The molecule has 0 rings (SSSR count). The summed E-state index contributed by atoms with van der Waals surface area (Å²) in [6.45, 7) is 8.66. The predicted molar refractivity (Wildman–Crippen MR) is 72.2 cm³/mol. The van der Waals surface area contributed by atoms with E-state index in [1.165, 1.54) is 0 Å². The Morgan fingerprint density at radius 3 is 2.17 bits per heavy atom. The monoisotopic (exact) mass is 279 g/mol. The minimum absolute atomic E-state index is 0.0911. The third kappa shape index (κ3) is 6.96. The summed E-state index contributed by atoms with van der Waals surface area (Å²) in [6.07, 6.45) is 0.474. The van der Waals surface area contributed by atoms with Crippen LogP contribution in [0.4, 0.5) is 0 Å². The van der Waals surface area contributed by atoms with E-state index in [1.807, 2.05) is 6.92 Å². The molecule has 0 aromatic heterocycles. The van der Waals surface area contributed by atoms with E-state index in [-0.39, 0.29) is 6.04 Å². The van der Waals surface area contributed by atoms with Gasteiger partial charge in [-0.2, -0.15) is 0 Å². The van der Waals surface area contributed by atoms with Crippen molar-refractivity contribution in [1.29, 1.82) is 0 Å². The Labute approximate surface area is 110 Å². The van der Waals surface area contributed by atoms with Gasteiger partial charge in [0.05, 0.1) is 5.25 Å². The van der Waals surface area contributed by atoms with E-state index in [4.69, 9.17) is 4.74 Å². The van der Waals surface area contributed by atoms with E-state index in [1.54, 1.807) is 34.7 Å². The highest BCUT2D eigenvalue weighted by Crippen LogP contribution is 2.12. The molecule has 6 heteroatoms. The number of rotatable bonds is 6. The summed E-state index contributed by atoms with van der Waals surface area (Å²) in [5, 5.41) is 2.42. The van der Waals surface area contributed by atoms with Gasteiger partial charge in [0.15, 0.2) is 9.84 Å². The van der Waals surface area contributed by atoms with Crippen molar-refractivity contribution in [3.63, 3.8) is 0 Å². The van der Waals surface area contributed by atoms with Crippen LogP contribution in [0.3, 0.4) is 0 Å². The molecule has 2 unspecified atom stereocenters. The molecule has 0 aliphatic carbocycles. The van der Waals surface area contributed by atoms with E-state index in [0.717, 1.165) is 0 Å². The maximum absolute atomic E-state index is 11.9. The van der Waals surface area contributed by atoms with Gasteiger partial charge < -0.3 is 10.1 Å². The number of sulfone groups is 1. The molecule has 0 spiro atoms. The van der Waals surface area contributed by atoms with Gasteiger partial charge in [-0.1, -0.05) is 0 Å². The lowest BCUT2D eigenvalue weighted by Gasteiger charge is -2.21. The van der Waals surface area contributed by atoms with E-state index in [2.05, 4.69) is 5.32 Å². The van der Waals surface area contributed by atoms with Crippen molar-refractivity contribution in [2.24, 2.45) is 0 Å². The summed E-state index contributed by atoms with van der Waals surface area (Å²) >= 11 is 0. The number of hydrogen-bond acceptors (Lipinski definition) is 5. The number of carbonyl (C=O) groups excluding carboxylic acids is 1. The first-order chi connectivity index (χ1) is 7.98. The molecule has 0 aliphatic rings. The lowest BCUT2D eigenvalue weighted by Crippen LogP contribution is -2.35. The zero-order chi connectivity index (χ0) is 14.6. The lowest BCUT2D eigenvalue weighted by atomic mass is 10.2. The topological polar surface area (TPSA) is 72.5 Å². The molecule has 0 amide bonds. The molecule has 0 aromatic rings. The minimum Gasteiger partial charge on any atom is -0.459 e. The van der Waals surface area contributed by atoms with Crippen molar-refractivity contribution >= 4 is 15.8 Å². The second kappa shape index (κ2) is 6.52. The Balaban J connectivity index is 4.52. The summed E-state index contributed by atoms with van der Waals surface area (Å²) < 4.78 is 28.9. The summed E-state index contributed by atoms with van der Waals surface area (Å²) in [5.74, 6) is -1.24. The fourth-order valence-corrected chi connectivity index (χ4v) is 2.69. The van der Waals surface area contributed by atoms with Gasteiger partial charge in [-0.25, -0.2) is 8.42 Å². The molecule has 0 saturated carbocycles. The highest BCUT2D eigenvalue weighted by Gasteiger charge is 2.28. The summed E-state index contributed by atoms with van der Waals surface area (Å²) in [7, 11) is -1.68. The van der Waals surface area contributed by atoms with Crippen LogP contribution in [-0.2, 0) is 19.4 Å². The molecule has 0 saturated heterocycles. The Bertz CT molecular complexity index is 370. The van der Waals surface area contributed by atoms with Crippen LogP contribution in [0.5, 0.6) is 0 Å². The summed E-state index contributed by atoms with van der Waals surface area (Å²) in [6, 6.07) is 0.0911. The molecule has 0 heterocycles. The fourth-order valence-electron chi connectivity index (χ4n) is 1.44. The van der Waals surface area contributed by atoms with Gasteiger partial charge in [0.2, 0.25) is 0 Å². The first kappa shape index (κ1) is 17.4. The van der Waals surface area contributed by atoms with Gasteiger partial charge in [-0.15, -0.1) is 0 Å². The van der Waals surface area contributed by atoms with Gasteiger partial charge in [-0.3, -0.25) is 4.79 Å². The molecule has 1 N–H and O–H groups in total. The van der Waals surface area contributed by atoms with Gasteiger partial charge in [0, 0.05) is 6.04 Å². The van der Waals surface area contributed by atoms with Crippen molar-refractivity contribution in [2.45, 2.75) is 57.9 Å². The molecule has 108 valence electrons. The zero-order valence-corrected chi connectivity index (χ0v) is 12.9. The number of carbonyl (C=O) groups is 1. The lowest BCUT2D eigenvalue weighted by molar-refractivity contribution is -0.151. The van der Waals surface area contributed by atoms with Crippen LogP contribution in [0.25, 0.3) is 0 Å². The third-order valence-corrected chi connectivity index (χ3v) is 4.59. The number of esters is 1. The first-order valence-electron chi connectivity index (χ1n) is 6.08. The molecule has 0 bridgehead atoms. The van der Waals surface area contributed by atoms with E-state index in [0.29, 0.717) is 6.42 Å². The Kier molecular flexibility index (Phi) is 6.29. The van der Waals surface area contributed by atoms with Gasteiger partial charge in [0.1, 0.15) is 11.4 Å². The molecule has 18 heavy (non-hydrogen) atoms. The maximum atomic E-state index is 11.9. The van der Waals surface area contributed by atoms with Gasteiger partial charge in [0.25, 0.3) is 0 Å². The van der Waals surface area contributed by atoms with E-state index in [9.17, 15) is 13.2 Å². The molecular formula is C12H25NO4S. The van der Waals surface area contributed by atoms with Crippen molar-refractivity contribution < 1.29 is 17.9 Å². The normalized spacial score (nSPS) is 16.1. The molecule has 2 atom stereocenters. The zero-order valence-electron chi connectivity index (χ0n) is 12.1. The molecular weight excluding hydrogens is 254 g/mol. The quantitative estimate of drug-likeness (QED) is 0.738. The highest BCUT2D eigenvalue weighted by molar-refractivity contribution is 7.92. The third-order valence-electron chi connectivity index (χ3n) is 2.53. The largest absolute Gasteiger partial charge is 0.459 e. The number of hydrogen-bond donors (Lipinski definition) is 1. The van der Waals surface area contributed by atoms with Gasteiger partial charge in [-0.05, 0) is 48.1 Å². The minimum atomic E-state index is -3.45. The highest BCUT2D eigenvalue weighted by atomic mass is 32.2. The smallest absolute Gasteiger partial charge is 0.321 e. The second-order valence-corrected chi connectivity index (χ2v) is 8.05. The average Bonchev–Trinajstić information content (AvgIpc) is 2.13. The Hall–Kier alpha value is -0.620. The van der Waals surface area contributed by atoms with Gasteiger partial charge >= 0.3 is 5.97 Å². The SMILES string of the molecule is CNC(C)CC(C)S(=O)(=O)CC(=O)OC(C)(C)C. The molecule has 0 radical (unpaired) electrons. The van der Waals surface area contributed by atoms with Crippen molar-refractivity contribution in [3.05, 3.63) is 0 Å². The summed E-state index contributed by atoms with van der Waals surface area (Å²) in [5.41, 5.74) is -0.659. The molecule has 0 aromatic carbocycles. The standard InChI is InChI=1S/C12H25NO4S/c1-9(13-6)7-10(2)18(15,16)8-11(14)17-12(3,4)5/h9-10,13H,7-8H2,1-6H3. The number of nitrogens with one attached hydrogen (secondary N) is 1. The van der Waals surface area contributed by atoms with E-state index >= 15 is 0 Å². The first-order valence-corrected chi connectivity index (χ1v) is 7.80. The van der Waals surface area contributed by atoms with Crippen molar-refractivity contribution in [2.75, 3.05) is 12.8 Å². The van der Waals surface area contributed by atoms with Crippen molar-refractivity contribution in [3.8, 4) is 0 Å². The van der Waals surface area contributed by atoms with Crippen LogP contribution < -0.4 is 5.32 Å². The van der Waals surface area contributed by atoms with Crippen LogP contribution in [0.15, 0.2) is 0 Å². The maximum Gasteiger partial charge on any atom is 0.321 e. The molecule has 0 aliphatic heterocycles. The summed E-state index contributed by atoms with van der Waals surface area (Å²) in [4.78, 5) is 11.5. The Morgan fingerprint density at radius 1 is 1.28 bits per heavy atom. The van der Waals surface area contributed by atoms with E-state index < -0.39 is 32.4 Å². The molecule has 0 fully saturated rings.